The molecule has 0 aromatic carbocycles. The summed E-state index contributed by atoms with van der Waals surface area (Å²) in [6.45, 7) is 4.25. The molecule has 1 unspecified atom stereocenters. The molecular formula is C18H36O2. The first-order valence-electron chi connectivity index (χ1n) is 9.01. The molecule has 0 radical (unpaired) electrons. The lowest BCUT2D eigenvalue weighted by Gasteiger charge is -2.35. The minimum Gasteiger partial charge on any atom is -0.396 e. The molecule has 1 aliphatic rings. The van der Waals surface area contributed by atoms with Gasteiger partial charge in [-0.1, -0.05) is 71.1 Å². The molecule has 120 valence electrons. The van der Waals surface area contributed by atoms with Crippen LogP contribution in [0.1, 0.15) is 90.4 Å². The summed E-state index contributed by atoms with van der Waals surface area (Å²) in [7, 11) is 0. The van der Waals surface area contributed by atoms with Crippen LogP contribution in [0.3, 0.4) is 0 Å². The van der Waals surface area contributed by atoms with E-state index in [2.05, 4.69) is 6.92 Å². The predicted molar refractivity (Wildman–Crippen MR) is 86.0 cm³/mol. The van der Waals surface area contributed by atoms with Gasteiger partial charge in [0.1, 0.15) is 0 Å². The molecule has 1 fully saturated rings. The van der Waals surface area contributed by atoms with Gasteiger partial charge in [-0.3, -0.25) is 0 Å². The molecule has 0 amide bonds. The van der Waals surface area contributed by atoms with Crippen LogP contribution in [-0.4, -0.2) is 24.9 Å². The van der Waals surface area contributed by atoms with Crippen molar-refractivity contribution in [1.29, 1.82) is 0 Å². The summed E-state index contributed by atoms with van der Waals surface area (Å²) >= 11 is 0. The zero-order valence-electron chi connectivity index (χ0n) is 13.7. The number of hydrogen-bond acceptors (Lipinski definition) is 2. The Kier molecular flexibility index (Phi) is 10.4. The first-order valence-corrected chi connectivity index (χ1v) is 9.01. The van der Waals surface area contributed by atoms with Crippen LogP contribution in [-0.2, 0) is 4.74 Å². The van der Waals surface area contributed by atoms with Gasteiger partial charge in [0.15, 0.2) is 0 Å². The van der Waals surface area contributed by atoms with E-state index in [4.69, 9.17) is 4.74 Å². The van der Waals surface area contributed by atoms with E-state index < -0.39 is 0 Å². The fraction of sp³-hybridized carbons (Fsp3) is 1.00. The van der Waals surface area contributed by atoms with E-state index in [9.17, 15) is 5.11 Å². The summed E-state index contributed by atoms with van der Waals surface area (Å²) in [6.07, 6.45) is 17.2. The quantitative estimate of drug-likeness (QED) is 0.506. The Balaban J connectivity index is 1.91. The molecule has 0 bridgehead atoms. The summed E-state index contributed by atoms with van der Waals surface area (Å²) in [5.74, 6) is 0. The molecule has 20 heavy (non-hydrogen) atoms. The molecule has 0 spiro atoms. The molecule has 1 atom stereocenters. The Bertz CT molecular complexity index is 209. The molecule has 0 aromatic rings. The van der Waals surface area contributed by atoms with Gasteiger partial charge in [0.2, 0.25) is 0 Å². The van der Waals surface area contributed by atoms with Gasteiger partial charge < -0.3 is 9.84 Å². The van der Waals surface area contributed by atoms with Crippen molar-refractivity contribution in [2.24, 2.45) is 5.41 Å². The third-order valence-electron chi connectivity index (χ3n) is 4.80. The van der Waals surface area contributed by atoms with Crippen molar-refractivity contribution >= 4 is 0 Å². The summed E-state index contributed by atoms with van der Waals surface area (Å²) in [5, 5.41) is 9.61. The highest BCUT2D eigenvalue weighted by Crippen LogP contribution is 2.33. The van der Waals surface area contributed by atoms with E-state index in [1.165, 1.54) is 64.2 Å². The fourth-order valence-electron chi connectivity index (χ4n) is 3.30. The lowest BCUT2D eigenvalue weighted by atomic mass is 9.79. The summed E-state index contributed by atoms with van der Waals surface area (Å²) in [5.41, 5.74) is 0.0956. The zero-order valence-corrected chi connectivity index (χ0v) is 13.7. The van der Waals surface area contributed by atoms with Crippen molar-refractivity contribution in [3.05, 3.63) is 0 Å². The molecule has 2 nitrogen and oxygen atoms in total. The van der Waals surface area contributed by atoms with E-state index >= 15 is 0 Å². The highest BCUT2D eigenvalue weighted by atomic mass is 16.5. The number of aliphatic hydroxyl groups is 1. The van der Waals surface area contributed by atoms with Gasteiger partial charge >= 0.3 is 0 Å². The third-order valence-corrected chi connectivity index (χ3v) is 4.80. The monoisotopic (exact) mass is 284 g/mol. The average molecular weight is 284 g/mol. The Morgan fingerprint density at radius 3 is 2.00 bits per heavy atom. The van der Waals surface area contributed by atoms with Crippen LogP contribution < -0.4 is 0 Å². The number of rotatable bonds is 12. The maximum atomic E-state index is 9.61. The Labute approximate surface area is 126 Å². The van der Waals surface area contributed by atoms with Crippen LogP contribution in [0.2, 0.25) is 0 Å². The van der Waals surface area contributed by atoms with Crippen molar-refractivity contribution in [3.63, 3.8) is 0 Å². The van der Waals surface area contributed by atoms with E-state index in [1.807, 2.05) is 0 Å². The van der Waals surface area contributed by atoms with E-state index in [-0.39, 0.29) is 5.41 Å². The zero-order chi connectivity index (χ0) is 14.5. The Hall–Kier alpha value is -0.0800. The molecular weight excluding hydrogens is 248 g/mol. The Morgan fingerprint density at radius 1 is 0.900 bits per heavy atom. The number of aliphatic hydroxyl groups excluding tert-OH is 1. The van der Waals surface area contributed by atoms with Crippen molar-refractivity contribution < 1.29 is 9.84 Å². The first-order chi connectivity index (χ1) is 9.83. The molecule has 1 aliphatic heterocycles. The normalized spacial score (nSPS) is 23.1. The average Bonchev–Trinajstić information content (AvgIpc) is 2.50. The van der Waals surface area contributed by atoms with Crippen LogP contribution in [0.25, 0.3) is 0 Å². The van der Waals surface area contributed by atoms with Crippen molar-refractivity contribution in [1.82, 2.24) is 0 Å². The van der Waals surface area contributed by atoms with Crippen molar-refractivity contribution in [2.45, 2.75) is 90.4 Å². The first kappa shape index (κ1) is 18.0. The minimum absolute atomic E-state index is 0.0956. The molecule has 0 saturated carbocycles. The maximum Gasteiger partial charge on any atom is 0.0544 e. The predicted octanol–water partition coefficient (Wildman–Crippen LogP) is 5.09. The van der Waals surface area contributed by atoms with E-state index in [0.717, 1.165) is 32.5 Å². The lowest BCUT2D eigenvalue weighted by Crippen LogP contribution is -2.35. The van der Waals surface area contributed by atoms with Crippen LogP contribution in [0.4, 0.5) is 0 Å². The van der Waals surface area contributed by atoms with Crippen molar-refractivity contribution in [2.75, 3.05) is 19.8 Å². The number of unbranched alkanes of at least 4 members (excludes halogenated alkanes) is 9. The minimum atomic E-state index is 0.0956. The molecule has 0 aliphatic carbocycles. The van der Waals surface area contributed by atoms with Crippen LogP contribution in [0.15, 0.2) is 0 Å². The summed E-state index contributed by atoms with van der Waals surface area (Å²) in [6, 6.07) is 0. The largest absolute Gasteiger partial charge is 0.396 e. The molecule has 1 rings (SSSR count). The van der Waals surface area contributed by atoms with Crippen LogP contribution >= 0.6 is 0 Å². The lowest BCUT2D eigenvalue weighted by molar-refractivity contribution is -0.0440. The smallest absolute Gasteiger partial charge is 0.0544 e. The van der Waals surface area contributed by atoms with Gasteiger partial charge in [0.25, 0.3) is 0 Å². The molecule has 2 heteroatoms. The van der Waals surface area contributed by atoms with Gasteiger partial charge in [-0.15, -0.1) is 0 Å². The summed E-state index contributed by atoms with van der Waals surface area (Å²) < 4.78 is 5.56. The Morgan fingerprint density at radius 2 is 1.50 bits per heavy atom. The van der Waals surface area contributed by atoms with Gasteiger partial charge in [0, 0.05) is 12.0 Å². The summed E-state index contributed by atoms with van der Waals surface area (Å²) in [4.78, 5) is 0. The van der Waals surface area contributed by atoms with Gasteiger partial charge in [0.05, 0.1) is 13.2 Å². The molecule has 0 aromatic heterocycles. The second-order valence-electron chi connectivity index (χ2n) is 6.75. The fourth-order valence-corrected chi connectivity index (χ4v) is 3.30. The maximum absolute atomic E-state index is 9.61. The topological polar surface area (TPSA) is 29.5 Å². The van der Waals surface area contributed by atoms with E-state index in [0.29, 0.717) is 6.61 Å². The molecule has 1 N–H and O–H groups in total. The molecule has 1 heterocycles. The van der Waals surface area contributed by atoms with E-state index in [1.54, 1.807) is 0 Å². The number of ether oxygens (including phenoxy) is 1. The van der Waals surface area contributed by atoms with Gasteiger partial charge in [-0.05, 0) is 19.3 Å². The highest BCUT2D eigenvalue weighted by molar-refractivity contribution is 4.81. The standard InChI is InChI=1S/C18H36O2/c1-2-3-4-5-6-7-8-9-10-11-13-18(16-19)14-12-15-20-17-18/h19H,2-17H2,1H3. The van der Waals surface area contributed by atoms with Crippen LogP contribution in [0.5, 0.6) is 0 Å². The van der Waals surface area contributed by atoms with Crippen molar-refractivity contribution in [3.8, 4) is 0 Å². The van der Waals surface area contributed by atoms with Gasteiger partial charge in [-0.25, -0.2) is 0 Å². The second kappa shape index (κ2) is 11.6. The number of hydrogen-bond donors (Lipinski definition) is 1. The molecule has 1 saturated heterocycles. The SMILES string of the molecule is CCCCCCCCCCCCC1(CO)CCCOC1. The van der Waals surface area contributed by atoms with Gasteiger partial charge in [-0.2, -0.15) is 0 Å². The second-order valence-corrected chi connectivity index (χ2v) is 6.75. The third kappa shape index (κ3) is 7.64. The highest BCUT2D eigenvalue weighted by Gasteiger charge is 2.31. The van der Waals surface area contributed by atoms with Crippen LogP contribution in [0, 0.1) is 5.41 Å².